The summed E-state index contributed by atoms with van der Waals surface area (Å²) in [6.45, 7) is 3.72. The summed E-state index contributed by atoms with van der Waals surface area (Å²) >= 11 is 0. The smallest absolute Gasteiger partial charge is 0.101 e. The van der Waals surface area contributed by atoms with Crippen LogP contribution in [-0.4, -0.2) is 6.54 Å². The summed E-state index contributed by atoms with van der Waals surface area (Å²) in [5.41, 5.74) is 7.61. The van der Waals surface area contributed by atoms with Crippen molar-refractivity contribution >= 4 is 0 Å². The van der Waals surface area contributed by atoms with Crippen molar-refractivity contribution < 1.29 is 0 Å². The molecule has 0 aliphatic heterocycles. The molecular weight excluding hydrogens is 78.1 g/mol. The molecule has 0 N–H and O–H groups in total. The lowest BCUT2D eigenvalue weighted by molar-refractivity contribution is 1.08. The first-order chi connectivity index (χ1) is 2.91. The summed E-state index contributed by atoms with van der Waals surface area (Å²) in [6.07, 6.45) is 1.54. The first kappa shape index (κ1) is 5.05. The van der Waals surface area contributed by atoms with Gasteiger partial charge in [-0.3, -0.25) is 0 Å². The Morgan fingerprint density at radius 3 is 2.67 bits per heavy atom. The third kappa shape index (κ3) is 3.05. The van der Waals surface area contributed by atoms with E-state index in [1.807, 2.05) is 0 Å². The molecule has 0 atom stereocenters. The molecule has 0 fully saturated rings. The van der Waals surface area contributed by atoms with Gasteiger partial charge in [0.25, 0.3) is 4.91 Å². The van der Waals surface area contributed by atoms with E-state index in [2.05, 4.69) is 16.6 Å². The standard InChI is InChI=1S/C3H5N3/c1-2-3-5-6-4/h2H,1,3H2/q+1. The minimum Gasteiger partial charge on any atom is -0.101 e. The van der Waals surface area contributed by atoms with Crippen LogP contribution in [0.4, 0.5) is 0 Å². The van der Waals surface area contributed by atoms with Gasteiger partial charge < -0.3 is 0 Å². The Kier molecular flexibility index (Phi) is 3.41. The van der Waals surface area contributed by atoms with Gasteiger partial charge in [-0.25, -0.2) is 0 Å². The molecular formula is C3H5N3+. The van der Waals surface area contributed by atoms with Gasteiger partial charge in [0.15, 0.2) is 0 Å². The topological polar surface area (TPSA) is 50.5 Å². The summed E-state index contributed by atoms with van der Waals surface area (Å²) in [4.78, 5) is 2.48. The number of hydrogen-bond donors (Lipinski definition) is 0. The van der Waals surface area contributed by atoms with Crippen LogP contribution in [0.1, 0.15) is 0 Å². The van der Waals surface area contributed by atoms with E-state index in [4.69, 9.17) is 5.53 Å². The Balaban J connectivity index is 3.07. The fourth-order valence-corrected chi connectivity index (χ4v) is 0.0942. The third-order valence-electron chi connectivity index (χ3n) is 0.274. The zero-order valence-corrected chi connectivity index (χ0v) is 3.33. The second-order valence-corrected chi connectivity index (χ2v) is 0.702. The monoisotopic (exact) mass is 83.0 g/mol. The Morgan fingerprint density at radius 2 is 2.50 bits per heavy atom. The van der Waals surface area contributed by atoms with E-state index in [9.17, 15) is 0 Å². The molecule has 31 valence electrons. The van der Waals surface area contributed by atoms with Crippen LogP contribution in [0.5, 0.6) is 0 Å². The van der Waals surface area contributed by atoms with Crippen molar-refractivity contribution in [1.29, 1.82) is 0 Å². The van der Waals surface area contributed by atoms with E-state index in [0.717, 1.165) is 0 Å². The van der Waals surface area contributed by atoms with Gasteiger partial charge in [-0.05, 0) is 0 Å². The molecule has 0 aromatic heterocycles. The first-order valence-corrected chi connectivity index (χ1v) is 1.53. The molecule has 0 heterocycles. The molecule has 6 heavy (non-hydrogen) atoms. The highest BCUT2D eigenvalue weighted by Crippen LogP contribution is 1.52. The zero-order valence-electron chi connectivity index (χ0n) is 3.33. The van der Waals surface area contributed by atoms with Gasteiger partial charge in [-0.2, -0.15) is 0 Å². The number of azide groups is 1. The predicted octanol–water partition coefficient (Wildman–Crippen LogP) is 0.819. The molecule has 3 nitrogen and oxygen atoms in total. The van der Waals surface area contributed by atoms with Crippen LogP contribution in [-0.2, 0) is 0 Å². The third-order valence-corrected chi connectivity index (χ3v) is 0.274. The number of rotatable bonds is 2. The van der Waals surface area contributed by atoms with Crippen molar-refractivity contribution in [3.8, 4) is 0 Å². The molecule has 0 aromatic rings. The molecule has 0 amide bonds. The molecule has 0 saturated heterocycles. The summed E-state index contributed by atoms with van der Waals surface area (Å²) in [5, 5.41) is 3.15. The molecule has 0 saturated carbocycles. The highest BCUT2D eigenvalue weighted by atomic mass is 15.1. The minimum absolute atomic E-state index is 0.385. The van der Waals surface area contributed by atoms with Crippen molar-refractivity contribution in [2.45, 2.75) is 0 Å². The molecule has 0 spiro atoms. The highest BCUT2D eigenvalue weighted by Gasteiger charge is 1.71. The van der Waals surface area contributed by atoms with E-state index in [1.54, 1.807) is 6.08 Å². The Labute approximate surface area is 35.9 Å². The van der Waals surface area contributed by atoms with Crippen LogP contribution >= 0.6 is 0 Å². The van der Waals surface area contributed by atoms with Crippen LogP contribution < -0.4 is 5.11 Å². The zero-order chi connectivity index (χ0) is 4.83. The van der Waals surface area contributed by atoms with E-state index in [1.165, 1.54) is 0 Å². The minimum atomic E-state index is 0.385. The largest absolute Gasteiger partial charge is 0.355 e. The fourth-order valence-electron chi connectivity index (χ4n) is 0.0942. The van der Waals surface area contributed by atoms with E-state index < -0.39 is 0 Å². The van der Waals surface area contributed by atoms with Crippen LogP contribution in [0.25, 0.3) is 10.4 Å². The summed E-state index contributed by atoms with van der Waals surface area (Å²) in [7, 11) is 0. The second-order valence-electron chi connectivity index (χ2n) is 0.702. The quantitative estimate of drug-likeness (QED) is 0.205. The van der Waals surface area contributed by atoms with Gasteiger partial charge in [-0.1, -0.05) is 6.08 Å². The molecule has 0 bridgehead atoms. The molecule has 0 aliphatic carbocycles. The van der Waals surface area contributed by atoms with Crippen LogP contribution in [0.3, 0.4) is 0 Å². The van der Waals surface area contributed by atoms with Crippen molar-refractivity contribution in [2.24, 2.45) is 0 Å². The Hall–Kier alpha value is -0.950. The lowest BCUT2D eigenvalue weighted by atomic mass is 10.7. The summed E-state index contributed by atoms with van der Waals surface area (Å²) in [6, 6.07) is 0. The van der Waals surface area contributed by atoms with E-state index >= 15 is 0 Å². The van der Waals surface area contributed by atoms with Crippen molar-refractivity contribution in [2.75, 3.05) is 6.54 Å². The maximum absolute atomic E-state index is 7.61. The Bertz CT molecular complexity index is 80.0. The van der Waals surface area contributed by atoms with Gasteiger partial charge in [0.2, 0.25) is 0 Å². The molecule has 3 heteroatoms. The average molecular weight is 83.1 g/mol. The van der Waals surface area contributed by atoms with Crippen molar-refractivity contribution in [3.63, 3.8) is 0 Å². The Morgan fingerprint density at radius 1 is 1.83 bits per heavy atom. The van der Waals surface area contributed by atoms with Gasteiger partial charge in [0.05, 0.1) is 0 Å². The van der Waals surface area contributed by atoms with Gasteiger partial charge in [0, 0.05) is 0 Å². The van der Waals surface area contributed by atoms with E-state index in [0.29, 0.717) is 6.54 Å². The molecule has 0 aliphatic rings. The lowest BCUT2D eigenvalue weighted by Crippen LogP contribution is -1.78. The highest BCUT2D eigenvalue weighted by molar-refractivity contribution is 4.66. The van der Waals surface area contributed by atoms with Gasteiger partial charge >= 0.3 is 5.53 Å². The van der Waals surface area contributed by atoms with Crippen molar-refractivity contribution in [1.82, 2.24) is 5.11 Å². The molecule has 1 radical (unpaired) electrons. The molecule has 0 rings (SSSR count). The van der Waals surface area contributed by atoms with Gasteiger partial charge in [-0.15, -0.1) is 6.58 Å². The SMILES string of the molecule is C=CC[N+]=[N+]=[N-]. The second kappa shape index (κ2) is 4.05. The summed E-state index contributed by atoms with van der Waals surface area (Å²) < 4.78 is 0. The maximum atomic E-state index is 7.61. The number of hydrogen-bond acceptors (Lipinski definition) is 1. The fraction of sp³-hybridized carbons (Fsp3) is 0.333. The maximum Gasteiger partial charge on any atom is 0.355 e. The molecule has 0 aromatic carbocycles. The van der Waals surface area contributed by atoms with E-state index in [-0.39, 0.29) is 0 Å². The van der Waals surface area contributed by atoms with Crippen LogP contribution in [0.15, 0.2) is 12.7 Å². The lowest BCUT2D eigenvalue weighted by Gasteiger charge is -1.52. The average Bonchev–Trinajstić information content (AvgIpc) is 1.61. The normalized spacial score (nSPS) is 6.00. The number of nitrogens with zero attached hydrogens (tertiary/aromatic N) is 3. The van der Waals surface area contributed by atoms with Crippen LogP contribution in [0.2, 0.25) is 0 Å². The van der Waals surface area contributed by atoms with Gasteiger partial charge in [0.1, 0.15) is 11.7 Å². The van der Waals surface area contributed by atoms with Crippen molar-refractivity contribution in [3.05, 3.63) is 23.1 Å². The summed E-state index contributed by atoms with van der Waals surface area (Å²) in [5.74, 6) is 0. The molecule has 0 unspecified atom stereocenters. The first-order valence-electron chi connectivity index (χ1n) is 1.53. The van der Waals surface area contributed by atoms with Crippen LogP contribution in [0, 0.1) is 0 Å². The predicted molar refractivity (Wildman–Crippen MR) is 23.9 cm³/mol.